The highest BCUT2D eigenvalue weighted by atomic mass is 35.5. The molecule has 0 aliphatic carbocycles. The van der Waals surface area contributed by atoms with Gasteiger partial charge in [-0.1, -0.05) is 35.9 Å². The van der Waals surface area contributed by atoms with Crippen molar-refractivity contribution in [3.8, 4) is 17.1 Å². The van der Waals surface area contributed by atoms with Gasteiger partial charge in [-0.05, 0) is 68.9 Å². The second-order valence-electron chi connectivity index (χ2n) is 8.17. The lowest BCUT2D eigenvalue weighted by molar-refractivity contribution is 0.196. The maximum absolute atomic E-state index is 11.9. The molecule has 0 N–H and O–H groups in total. The van der Waals surface area contributed by atoms with Crippen molar-refractivity contribution >= 4 is 33.7 Å². The predicted octanol–water partition coefficient (Wildman–Crippen LogP) is 4.42. The van der Waals surface area contributed by atoms with Crippen LogP contribution in [0.1, 0.15) is 17.5 Å². The average Bonchev–Trinajstić information content (AvgIpc) is 3.24. The van der Waals surface area contributed by atoms with Gasteiger partial charge in [0.1, 0.15) is 0 Å². The topological polar surface area (TPSA) is 60.1 Å². The third-order valence-corrected chi connectivity index (χ3v) is 8.22. The van der Waals surface area contributed by atoms with Gasteiger partial charge < -0.3 is 0 Å². The van der Waals surface area contributed by atoms with Crippen molar-refractivity contribution in [1.82, 2.24) is 19.2 Å². The van der Waals surface area contributed by atoms with Gasteiger partial charge in [0.2, 0.25) is 4.77 Å². The fourth-order valence-electron chi connectivity index (χ4n) is 3.94. The van der Waals surface area contributed by atoms with Crippen LogP contribution in [-0.2, 0) is 16.5 Å². The van der Waals surface area contributed by atoms with E-state index < -0.39 is 9.84 Å². The number of rotatable bonds is 5. The molecule has 6 nitrogen and oxygen atoms in total. The van der Waals surface area contributed by atoms with Crippen molar-refractivity contribution < 1.29 is 8.42 Å². The maximum atomic E-state index is 11.9. The fraction of sp³-hybridized carbons (Fsp3) is 0.364. The zero-order valence-electron chi connectivity index (χ0n) is 17.7. The Morgan fingerprint density at radius 2 is 1.97 bits per heavy atom. The smallest absolute Gasteiger partial charge is 0.204 e. The van der Waals surface area contributed by atoms with E-state index in [2.05, 4.69) is 18.2 Å². The van der Waals surface area contributed by atoms with Crippen LogP contribution in [0.2, 0.25) is 5.02 Å². The summed E-state index contributed by atoms with van der Waals surface area (Å²) in [4.78, 5) is 2.01. The summed E-state index contributed by atoms with van der Waals surface area (Å²) in [5.41, 5.74) is 3.94. The van der Waals surface area contributed by atoms with Crippen molar-refractivity contribution in [1.29, 1.82) is 0 Å². The number of benzene rings is 2. The van der Waals surface area contributed by atoms with E-state index in [4.69, 9.17) is 28.9 Å². The Labute approximate surface area is 193 Å². The van der Waals surface area contributed by atoms with Crippen molar-refractivity contribution in [3.05, 3.63) is 63.4 Å². The van der Waals surface area contributed by atoms with E-state index in [1.165, 1.54) is 0 Å². The van der Waals surface area contributed by atoms with Gasteiger partial charge in [-0.15, -0.1) is 5.10 Å². The van der Waals surface area contributed by atoms with Gasteiger partial charge >= 0.3 is 0 Å². The second kappa shape index (κ2) is 8.50. The Morgan fingerprint density at radius 1 is 1.23 bits per heavy atom. The van der Waals surface area contributed by atoms with E-state index >= 15 is 0 Å². The van der Waals surface area contributed by atoms with Gasteiger partial charge in [0.15, 0.2) is 15.7 Å². The molecule has 1 atom stereocenters. The van der Waals surface area contributed by atoms with Crippen molar-refractivity contribution in [2.45, 2.75) is 33.0 Å². The molecule has 1 aliphatic heterocycles. The molecule has 0 bridgehead atoms. The molecular weight excluding hydrogens is 452 g/mol. The highest BCUT2D eigenvalue weighted by Crippen LogP contribution is 2.30. The fourth-order valence-corrected chi connectivity index (χ4v) is 6.25. The van der Waals surface area contributed by atoms with Crippen LogP contribution >= 0.6 is 23.8 Å². The van der Waals surface area contributed by atoms with Crippen LogP contribution < -0.4 is 0 Å². The molecule has 2 aromatic carbocycles. The van der Waals surface area contributed by atoms with Gasteiger partial charge in [0.05, 0.1) is 28.9 Å². The van der Waals surface area contributed by atoms with Crippen LogP contribution in [0, 0.1) is 18.6 Å². The number of halogens is 1. The van der Waals surface area contributed by atoms with Gasteiger partial charge in [-0.25, -0.2) is 13.1 Å². The number of nitrogens with zero attached hydrogens (tertiary/aromatic N) is 4. The van der Waals surface area contributed by atoms with Crippen LogP contribution in [0.4, 0.5) is 0 Å². The quantitative estimate of drug-likeness (QED) is 0.510. The maximum Gasteiger partial charge on any atom is 0.204 e. The van der Waals surface area contributed by atoms with Gasteiger partial charge in [-0.3, -0.25) is 9.47 Å². The van der Waals surface area contributed by atoms with E-state index in [0.29, 0.717) is 28.7 Å². The highest BCUT2D eigenvalue weighted by Gasteiger charge is 2.31. The summed E-state index contributed by atoms with van der Waals surface area (Å²) in [5.74, 6) is 1.07. The minimum Gasteiger partial charge on any atom is -0.283 e. The zero-order chi connectivity index (χ0) is 22.3. The molecule has 1 aliphatic rings. The first-order valence-corrected chi connectivity index (χ1v) is 12.7. The van der Waals surface area contributed by atoms with Crippen LogP contribution in [0.5, 0.6) is 0 Å². The molecule has 164 valence electrons. The third kappa shape index (κ3) is 4.48. The normalized spacial score (nSPS) is 18.0. The Kier molecular flexibility index (Phi) is 6.09. The molecule has 1 fully saturated rings. The lowest BCUT2D eigenvalue weighted by Crippen LogP contribution is -2.34. The largest absolute Gasteiger partial charge is 0.283 e. The summed E-state index contributed by atoms with van der Waals surface area (Å²) in [6, 6.07) is 13.7. The number of hydrogen-bond acceptors (Lipinski definition) is 5. The van der Waals surface area contributed by atoms with E-state index in [0.717, 1.165) is 22.4 Å². The van der Waals surface area contributed by atoms with E-state index in [1.54, 1.807) is 4.68 Å². The molecule has 1 saturated heterocycles. The van der Waals surface area contributed by atoms with E-state index in [-0.39, 0.29) is 17.5 Å². The van der Waals surface area contributed by atoms with Crippen LogP contribution in [0.3, 0.4) is 0 Å². The number of aromatic nitrogens is 3. The number of sulfone groups is 1. The van der Waals surface area contributed by atoms with Crippen molar-refractivity contribution in [2.75, 3.05) is 18.6 Å². The average molecular weight is 477 g/mol. The standard InChI is InChI=1S/C22H25ClN4O2S2/c1-15-8-9-16(2)20(12-15)27-21(18-6-4-5-7-19(18)23)24-26(22(27)30)14-25(3)17-10-11-31(28,29)13-17/h4-9,12,17H,10-11,13-14H2,1-3H3/t17-/m0/s1. The molecule has 0 saturated carbocycles. The summed E-state index contributed by atoms with van der Waals surface area (Å²) in [6.45, 7) is 4.48. The Hall–Kier alpha value is -2.00. The predicted molar refractivity (Wildman–Crippen MR) is 127 cm³/mol. The molecule has 4 rings (SSSR count). The first-order chi connectivity index (χ1) is 14.7. The van der Waals surface area contributed by atoms with Crippen LogP contribution in [-0.4, -0.2) is 52.3 Å². The Morgan fingerprint density at radius 3 is 2.65 bits per heavy atom. The van der Waals surface area contributed by atoms with Crippen LogP contribution in [0.25, 0.3) is 17.1 Å². The minimum absolute atomic E-state index is 0.0403. The monoisotopic (exact) mass is 476 g/mol. The first kappa shape index (κ1) is 22.2. The summed E-state index contributed by atoms with van der Waals surface area (Å²) < 4.78 is 28.1. The molecule has 0 unspecified atom stereocenters. The number of aryl methyl sites for hydroxylation is 2. The van der Waals surface area contributed by atoms with E-state index in [1.807, 2.05) is 54.6 Å². The molecule has 31 heavy (non-hydrogen) atoms. The lowest BCUT2D eigenvalue weighted by atomic mass is 10.1. The SMILES string of the molecule is Cc1ccc(C)c(-n2c(-c3ccccc3Cl)nn(CN(C)[C@H]3CCS(=O)(=O)C3)c2=S)c1. The molecule has 0 spiro atoms. The van der Waals surface area contributed by atoms with Crippen LogP contribution in [0.15, 0.2) is 42.5 Å². The zero-order valence-corrected chi connectivity index (χ0v) is 20.1. The molecule has 3 aromatic rings. The molecule has 2 heterocycles. The molecule has 0 radical (unpaired) electrons. The molecule has 1 aromatic heterocycles. The van der Waals surface area contributed by atoms with E-state index in [9.17, 15) is 8.42 Å². The van der Waals surface area contributed by atoms with Crippen molar-refractivity contribution in [3.63, 3.8) is 0 Å². The van der Waals surface area contributed by atoms with Crippen molar-refractivity contribution in [2.24, 2.45) is 0 Å². The van der Waals surface area contributed by atoms with Gasteiger partial charge in [0.25, 0.3) is 0 Å². The van der Waals surface area contributed by atoms with Gasteiger partial charge in [0, 0.05) is 11.6 Å². The lowest BCUT2D eigenvalue weighted by Gasteiger charge is -2.22. The Balaban J connectivity index is 1.82. The first-order valence-electron chi connectivity index (χ1n) is 10.1. The summed E-state index contributed by atoms with van der Waals surface area (Å²) >= 11 is 12.4. The minimum atomic E-state index is -2.97. The summed E-state index contributed by atoms with van der Waals surface area (Å²) in [6.07, 6.45) is 0.626. The molecule has 9 heteroatoms. The summed E-state index contributed by atoms with van der Waals surface area (Å²) in [7, 11) is -1.05. The molecule has 0 amide bonds. The highest BCUT2D eigenvalue weighted by molar-refractivity contribution is 7.91. The second-order valence-corrected chi connectivity index (χ2v) is 11.2. The Bertz CT molecular complexity index is 1300. The molecular formula is C22H25ClN4O2S2. The third-order valence-electron chi connectivity index (χ3n) is 5.75. The number of hydrogen-bond donors (Lipinski definition) is 0. The summed E-state index contributed by atoms with van der Waals surface area (Å²) in [5, 5.41) is 5.43. The van der Waals surface area contributed by atoms with Gasteiger partial charge in [-0.2, -0.15) is 0 Å².